The first-order valence-corrected chi connectivity index (χ1v) is 9.34. The van der Waals surface area contributed by atoms with Crippen molar-refractivity contribution < 1.29 is 28.8 Å². The topological polar surface area (TPSA) is 128 Å². The summed E-state index contributed by atoms with van der Waals surface area (Å²) in [5.74, 6) is -0.832. The zero-order valence-corrected chi connectivity index (χ0v) is 17.2. The molecule has 0 aromatic rings. The van der Waals surface area contributed by atoms with Crippen LogP contribution >= 0.6 is 0 Å². The number of imide groups is 1. The zero-order chi connectivity index (χ0) is 21.3. The molecular weight excluding hydrogens is 354 g/mol. The molecule has 1 rings (SSSR count). The highest BCUT2D eigenvalue weighted by Crippen LogP contribution is 2.13. The van der Waals surface area contributed by atoms with Crippen LogP contribution < -0.4 is 11.1 Å². The number of carbonyl (C=O) groups excluding carboxylic acids is 4. The van der Waals surface area contributed by atoms with Crippen LogP contribution in [0, 0.1) is 0 Å². The van der Waals surface area contributed by atoms with E-state index in [4.69, 9.17) is 10.5 Å². The molecule has 1 saturated heterocycles. The van der Waals surface area contributed by atoms with Gasteiger partial charge in [-0.1, -0.05) is 20.8 Å². The predicted molar refractivity (Wildman–Crippen MR) is 101 cm³/mol. The number of hydrogen-bond donors (Lipinski definition) is 2. The van der Waals surface area contributed by atoms with Gasteiger partial charge in [0.05, 0.1) is 5.60 Å². The van der Waals surface area contributed by atoms with Gasteiger partial charge in [-0.3, -0.25) is 19.2 Å². The third kappa shape index (κ3) is 13.8. The summed E-state index contributed by atoms with van der Waals surface area (Å²) in [6.07, 6.45) is 2.50. The lowest BCUT2D eigenvalue weighted by atomic mass is 10.1. The SMILES string of the molecule is CC.CCC(=O)NCCC(C)(C)OCCCN.O=CON1C(=O)CCC1=O. The monoisotopic (exact) mass is 389 g/mol. The van der Waals surface area contributed by atoms with Gasteiger partial charge in [-0.25, -0.2) is 0 Å². The van der Waals surface area contributed by atoms with E-state index in [0.29, 0.717) is 31.2 Å². The molecule has 1 aliphatic heterocycles. The lowest BCUT2D eigenvalue weighted by Gasteiger charge is -2.25. The third-order valence-corrected chi connectivity index (χ3v) is 3.37. The minimum atomic E-state index is -0.461. The molecule has 0 aromatic carbocycles. The molecule has 0 unspecified atom stereocenters. The van der Waals surface area contributed by atoms with E-state index < -0.39 is 11.8 Å². The number of rotatable bonds is 10. The molecule has 0 saturated carbocycles. The van der Waals surface area contributed by atoms with Crippen molar-refractivity contribution in [2.75, 3.05) is 19.7 Å². The second-order valence-corrected chi connectivity index (χ2v) is 5.99. The largest absolute Gasteiger partial charge is 0.375 e. The van der Waals surface area contributed by atoms with Crippen molar-refractivity contribution in [3.05, 3.63) is 0 Å². The van der Waals surface area contributed by atoms with Gasteiger partial charge in [-0.05, 0) is 33.2 Å². The summed E-state index contributed by atoms with van der Waals surface area (Å²) in [5.41, 5.74) is 5.19. The van der Waals surface area contributed by atoms with E-state index in [1.165, 1.54) is 0 Å². The molecule has 0 bridgehead atoms. The van der Waals surface area contributed by atoms with Crippen molar-refractivity contribution in [1.82, 2.24) is 10.4 Å². The van der Waals surface area contributed by atoms with Crippen LogP contribution in [0.25, 0.3) is 0 Å². The van der Waals surface area contributed by atoms with Crippen LogP contribution in [-0.2, 0) is 28.8 Å². The average molecular weight is 389 g/mol. The lowest BCUT2D eigenvalue weighted by Crippen LogP contribution is -2.33. The van der Waals surface area contributed by atoms with Gasteiger partial charge in [0.2, 0.25) is 5.91 Å². The van der Waals surface area contributed by atoms with Crippen molar-refractivity contribution in [2.45, 2.75) is 72.3 Å². The number of nitrogens with one attached hydrogen (secondary N) is 1. The highest BCUT2D eigenvalue weighted by Gasteiger charge is 2.30. The van der Waals surface area contributed by atoms with Crippen molar-refractivity contribution in [2.24, 2.45) is 5.73 Å². The van der Waals surface area contributed by atoms with Crippen LogP contribution in [0.15, 0.2) is 0 Å². The highest BCUT2D eigenvalue weighted by molar-refractivity contribution is 6.01. The fourth-order valence-electron chi connectivity index (χ4n) is 1.85. The van der Waals surface area contributed by atoms with Crippen molar-refractivity contribution in [3.8, 4) is 0 Å². The fourth-order valence-corrected chi connectivity index (χ4v) is 1.85. The first-order valence-electron chi connectivity index (χ1n) is 9.34. The Morgan fingerprint density at radius 2 is 1.81 bits per heavy atom. The molecule has 0 aliphatic carbocycles. The number of hydrogen-bond acceptors (Lipinski definition) is 7. The van der Waals surface area contributed by atoms with Gasteiger partial charge >= 0.3 is 6.47 Å². The van der Waals surface area contributed by atoms with E-state index in [2.05, 4.69) is 10.2 Å². The Morgan fingerprint density at radius 1 is 1.26 bits per heavy atom. The molecule has 0 spiro atoms. The summed E-state index contributed by atoms with van der Waals surface area (Å²) in [6.45, 7) is 12.0. The van der Waals surface area contributed by atoms with E-state index >= 15 is 0 Å². The molecule has 1 heterocycles. The Labute approximate surface area is 161 Å². The van der Waals surface area contributed by atoms with Crippen molar-refractivity contribution >= 4 is 24.2 Å². The van der Waals surface area contributed by atoms with E-state index in [1.54, 1.807) is 0 Å². The lowest BCUT2D eigenvalue weighted by molar-refractivity contribution is -0.188. The summed E-state index contributed by atoms with van der Waals surface area (Å²) in [5, 5.41) is 3.31. The number of hydroxylamine groups is 2. The smallest absolute Gasteiger partial charge is 0.321 e. The van der Waals surface area contributed by atoms with E-state index in [1.807, 2.05) is 34.6 Å². The van der Waals surface area contributed by atoms with Gasteiger partial charge in [0.1, 0.15) is 0 Å². The van der Waals surface area contributed by atoms with Crippen LogP contribution in [0.5, 0.6) is 0 Å². The van der Waals surface area contributed by atoms with E-state index in [0.717, 1.165) is 12.8 Å². The maximum Gasteiger partial charge on any atom is 0.321 e. The molecule has 9 nitrogen and oxygen atoms in total. The first kappa shape index (κ1) is 27.2. The van der Waals surface area contributed by atoms with E-state index in [9.17, 15) is 19.2 Å². The average Bonchev–Trinajstić information content (AvgIpc) is 2.96. The maximum absolute atomic E-state index is 11.0. The number of nitrogens with two attached hydrogens (primary N) is 1. The van der Waals surface area contributed by atoms with Gasteiger partial charge in [0, 0.05) is 32.4 Å². The third-order valence-electron chi connectivity index (χ3n) is 3.37. The number of carbonyl (C=O) groups is 4. The molecule has 0 atom stereocenters. The molecule has 158 valence electrons. The van der Waals surface area contributed by atoms with Crippen LogP contribution in [0.3, 0.4) is 0 Å². The Hall–Kier alpha value is -2.00. The van der Waals surface area contributed by atoms with Crippen LogP contribution in [0.2, 0.25) is 0 Å². The van der Waals surface area contributed by atoms with Gasteiger partial charge in [-0.15, -0.1) is 5.06 Å². The van der Waals surface area contributed by atoms with Crippen molar-refractivity contribution in [1.29, 1.82) is 0 Å². The Balaban J connectivity index is 0. The second-order valence-electron chi connectivity index (χ2n) is 5.99. The molecule has 0 aromatic heterocycles. The van der Waals surface area contributed by atoms with Crippen molar-refractivity contribution in [3.63, 3.8) is 0 Å². The van der Waals surface area contributed by atoms with Gasteiger partial charge in [0.25, 0.3) is 11.8 Å². The summed E-state index contributed by atoms with van der Waals surface area (Å²) >= 11 is 0. The molecule has 0 radical (unpaired) electrons. The molecule has 27 heavy (non-hydrogen) atoms. The molecule has 3 amide bonds. The number of ether oxygens (including phenoxy) is 1. The first-order chi connectivity index (χ1) is 12.8. The Morgan fingerprint density at radius 3 is 2.26 bits per heavy atom. The summed E-state index contributed by atoms with van der Waals surface area (Å²) in [6, 6.07) is 0. The van der Waals surface area contributed by atoms with Gasteiger partial charge in [-0.2, -0.15) is 0 Å². The fraction of sp³-hybridized carbons (Fsp3) is 0.778. The number of amides is 3. The summed E-state index contributed by atoms with van der Waals surface area (Å²) in [4.78, 5) is 45.9. The minimum Gasteiger partial charge on any atom is -0.375 e. The zero-order valence-electron chi connectivity index (χ0n) is 17.2. The van der Waals surface area contributed by atoms with Crippen LogP contribution in [0.4, 0.5) is 0 Å². The molecule has 3 N–H and O–H groups in total. The molecule has 9 heteroatoms. The Bertz CT molecular complexity index is 438. The number of nitrogens with zero attached hydrogens (tertiary/aromatic N) is 1. The molecule has 1 fully saturated rings. The second kappa shape index (κ2) is 16.2. The van der Waals surface area contributed by atoms with E-state index in [-0.39, 0.29) is 30.8 Å². The van der Waals surface area contributed by atoms with Crippen LogP contribution in [-0.4, -0.2) is 54.6 Å². The summed E-state index contributed by atoms with van der Waals surface area (Å²) < 4.78 is 5.65. The Kier molecular flexibility index (Phi) is 16.3. The van der Waals surface area contributed by atoms with Gasteiger partial charge in [0.15, 0.2) is 0 Å². The molecule has 1 aliphatic rings. The van der Waals surface area contributed by atoms with Gasteiger partial charge < -0.3 is 20.6 Å². The predicted octanol–water partition coefficient (Wildman–Crippen LogP) is 1.30. The standard InChI is InChI=1S/C11H24N2O2.C5H5NO4.C2H6/c1-4-10(14)13-8-6-11(2,3)15-9-5-7-12;7-3-10-6-4(8)1-2-5(6)9;1-2/h4-9,12H2,1-3H3,(H,13,14);3H,1-2H2;1-2H3. The normalized spacial score (nSPS) is 13.2. The summed E-state index contributed by atoms with van der Waals surface area (Å²) in [7, 11) is 0. The highest BCUT2D eigenvalue weighted by atomic mass is 16.7. The molecular formula is C18H35N3O6. The minimum absolute atomic E-state index is 0.0567. The quantitative estimate of drug-likeness (QED) is 0.327. The maximum atomic E-state index is 11.0. The van der Waals surface area contributed by atoms with Crippen LogP contribution in [0.1, 0.15) is 66.7 Å².